The molecular formula is C11H14BrNO3S. The van der Waals surface area contributed by atoms with Crippen molar-refractivity contribution in [2.45, 2.75) is 17.7 Å². The minimum Gasteiger partial charge on any atom is -0.398 e. The third-order valence-corrected chi connectivity index (χ3v) is 4.59. The second-order valence-electron chi connectivity index (χ2n) is 4.23. The van der Waals surface area contributed by atoms with Gasteiger partial charge in [0.25, 0.3) is 0 Å². The summed E-state index contributed by atoms with van der Waals surface area (Å²) in [4.78, 5) is 0.127. The molecule has 1 saturated carbocycles. The molecule has 0 spiro atoms. The lowest BCUT2D eigenvalue weighted by molar-refractivity contribution is 0.165. The molecule has 0 atom stereocenters. The molecule has 4 nitrogen and oxygen atoms in total. The summed E-state index contributed by atoms with van der Waals surface area (Å²) < 4.78 is 29.9. The van der Waals surface area contributed by atoms with Gasteiger partial charge in [-0.1, -0.05) is 15.9 Å². The number of rotatable bonds is 5. The minimum absolute atomic E-state index is 0.127. The van der Waals surface area contributed by atoms with E-state index in [1.807, 2.05) is 0 Å². The molecule has 17 heavy (non-hydrogen) atoms. The second kappa shape index (κ2) is 4.96. The summed E-state index contributed by atoms with van der Waals surface area (Å²) in [6, 6.07) is 4.78. The van der Waals surface area contributed by atoms with Gasteiger partial charge in [-0.2, -0.15) is 0 Å². The first-order valence-electron chi connectivity index (χ1n) is 5.34. The maximum Gasteiger partial charge on any atom is 0.204 e. The fourth-order valence-electron chi connectivity index (χ4n) is 1.45. The third-order valence-electron chi connectivity index (χ3n) is 2.60. The highest BCUT2D eigenvalue weighted by Gasteiger charge is 2.24. The van der Waals surface area contributed by atoms with Crippen LogP contribution in [0.5, 0.6) is 0 Å². The Balaban J connectivity index is 2.09. The summed E-state index contributed by atoms with van der Waals surface area (Å²) in [7, 11) is -3.46. The van der Waals surface area contributed by atoms with Crippen LogP contribution in [-0.2, 0) is 14.6 Å². The number of nitrogens with two attached hydrogens (primary N) is 1. The van der Waals surface area contributed by atoms with Gasteiger partial charge in [0.05, 0.1) is 17.2 Å². The van der Waals surface area contributed by atoms with Gasteiger partial charge in [0.1, 0.15) is 0 Å². The maximum absolute atomic E-state index is 12.0. The van der Waals surface area contributed by atoms with E-state index in [-0.39, 0.29) is 16.5 Å². The van der Waals surface area contributed by atoms with Crippen LogP contribution in [0.4, 0.5) is 5.69 Å². The molecule has 1 fully saturated rings. The van der Waals surface area contributed by atoms with Crippen molar-refractivity contribution in [3.05, 3.63) is 22.7 Å². The molecule has 0 aromatic heterocycles. The van der Waals surface area contributed by atoms with Crippen LogP contribution in [0.1, 0.15) is 12.8 Å². The first-order chi connectivity index (χ1) is 7.99. The standard InChI is InChI=1S/C11H14BrNO3S/c12-9-3-4-10(13)11(5-9)17(14,15)7-16-6-8-1-2-8/h3-5,8H,1-2,6-7,13H2. The molecular weight excluding hydrogens is 306 g/mol. The van der Waals surface area contributed by atoms with Crippen LogP contribution in [0, 0.1) is 5.92 Å². The molecule has 94 valence electrons. The molecule has 1 aromatic carbocycles. The Morgan fingerprint density at radius 2 is 2.12 bits per heavy atom. The molecule has 2 N–H and O–H groups in total. The number of nitrogen functional groups attached to an aromatic ring is 1. The topological polar surface area (TPSA) is 69.4 Å². The molecule has 0 saturated heterocycles. The van der Waals surface area contributed by atoms with Crippen LogP contribution in [0.25, 0.3) is 0 Å². The zero-order valence-electron chi connectivity index (χ0n) is 9.23. The van der Waals surface area contributed by atoms with E-state index in [2.05, 4.69) is 15.9 Å². The lowest BCUT2D eigenvalue weighted by atomic mass is 10.3. The molecule has 1 aromatic rings. The normalized spacial score (nSPS) is 16.1. The van der Waals surface area contributed by atoms with Crippen molar-refractivity contribution in [3.63, 3.8) is 0 Å². The fraction of sp³-hybridized carbons (Fsp3) is 0.455. The van der Waals surface area contributed by atoms with Crippen LogP contribution in [0.15, 0.2) is 27.6 Å². The summed E-state index contributed by atoms with van der Waals surface area (Å²) in [6.07, 6.45) is 2.28. The van der Waals surface area contributed by atoms with Crippen molar-refractivity contribution in [2.75, 3.05) is 18.3 Å². The minimum atomic E-state index is -3.46. The van der Waals surface area contributed by atoms with Crippen LogP contribution < -0.4 is 5.73 Å². The quantitative estimate of drug-likeness (QED) is 0.845. The largest absolute Gasteiger partial charge is 0.398 e. The van der Waals surface area contributed by atoms with Gasteiger partial charge < -0.3 is 10.5 Å². The number of sulfone groups is 1. The van der Waals surface area contributed by atoms with E-state index in [1.165, 1.54) is 6.07 Å². The third kappa shape index (κ3) is 3.43. The first-order valence-corrected chi connectivity index (χ1v) is 7.79. The average Bonchev–Trinajstić information content (AvgIpc) is 3.05. The molecule has 1 aliphatic rings. The number of benzene rings is 1. The Bertz CT molecular complexity index is 511. The molecule has 0 heterocycles. The Morgan fingerprint density at radius 3 is 2.76 bits per heavy atom. The SMILES string of the molecule is Nc1ccc(Br)cc1S(=O)(=O)COCC1CC1. The van der Waals surface area contributed by atoms with Gasteiger partial charge >= 0.3 is 0 Å². The van der Waals surface area contributed by atoms with Crippen molar-refractivity contribution >= 4 is 31.5 Å². The van der Waals surface area contributed by atoms with Crippen LogP contribution in [0.3, 0.4) is 0 Å². The number of hydrogen-bond donors (Lipinski definition) is 1. The van der Waals surface area contributed by atoms with Crippen molar-refractivity contribution in [1.82, 2.24) is 0 Å². The highest BCUT2D eigenvalue weighted by atomic mass is 79.9. The van der Waals surface area contributed by atoms with Gasteiger partial charge in [0, 0.05) is 4.47 Å². The fourth-order valence-corrected chi connectivity index (χ4v) is 3.14. The first kappa shape index (κ1) is 12.9. The van der Waals surface area contributed by atoms with Gasteiger partial charge in [-0.15, -0.1) is 0 Å². The molecule has 0 radical (unpaired) electrons. The number of anilines is 1. The van der Waals surface area contributed by atoms with E-state index in [0.29, 0.717) is 17.0 Å². The van der Waals surface area contributed by atoms with Gasteiger partial charge in [-0.05, 0) is 37.0 Å². The number of halogens is 1. The van der Waals surface area contributed by atoms with Crippen molar-refractivity contribution in [3.8, 4) is 0 Å². The number of hydrogen-bond acceptors (Lipinski definition) is 4. The number of ether oxygens (including phenoxy) is 1. The molecule has 0 unspecified atom stereocenters. The van der Waals surface area contributed by atoms with Gasteiger partial charge in [0.15, 0.2) is 5.94 Å². The van der Waals surface area contributed by atoms with Crippen LogP contribution in [-0.4, -0.2) is 21.0 Å². The van der Waals surface area contributed by atoms with E-state index < -0.39 is 9.84 Å². The van der Waals surface area contributed by atoms with E-state index in [9.17, 15) is 8.42 Å². The predicted octanol–water partition coefficient (Wildman–Crippen LogP) is 2.19. The predicted molar refractivity (Wildman–Crippen MR) is 69.3 cm³/mol. The zero-order valence-corrected chi connectivity index (χ0v) is 11.6. The van der Waals surface area contributed by atoms with Gasteiger partial charge in [0.2, 0.25) is 9.84 Å². The Kier molecular flexibility index (Phi) is 3.75. The lowest BCUT2D eigenvalue weighted by Crippen LogP contribution is -2.13. The lowest BCUT2D eigenvalue weighted by Gasteiger charge is -2.08. The van der Waals surface area contributed by atoms with Crippen molar-refractivity contribution in [2.24, 2.45) is 5.92 Å². The molecule has 0 aliphatic heterocycles. The Labute approximate surface area is 109 Å². The van der Waals surface area contributed by atoms with Crippen molar-refractivity contribution in [1.29, 1.82) is 0 Å². The second-order valence-corrected chi connectivity index (χ2v) is 7.05. The van der Waals surface area contributed by atoms with Crippen LogP contribution >= 0.6 is 15.9 Å². The average molecular weight is 320 g/mol. The van der Waals surface area contributed by atoms with Crippen LogP contribution in [0.2, 0.25) is 0 Å². The van der Waals surface area contributed by atoms with Gasteiger partial charge in [-0.25, -0.2) is 8.42 Å². The molecule has 0 amide bonds. The maximum atomic E-state index is 12.0. The Morgan fingerprint density at radius 1 is 1.41 bits per heavy atom. The summed E-state index contributed by atoms with van der Waals surface area (Å²) in [5.41, 5.74) is 5.92. The highest BCUT2D eigenvalue weighted by molar-refractivity contribution is 9.10. The van der Waals surface area contributed by atoms with E-state index in [4.69, 9.17) is 10.5 Å². The monoisotopic (exact) mass is 319 g/mol. The van der Waals surface area contributed by atoms with E-state index in [0.717, 1.165) is 12.8 Å². The Hall–Kier alpha value is -0.590. The molecule has 2 rings (SSSR count). The highest BCUT2D eigenvalue weighted by Crippen LogP contribution is 2.29. The molecule has 0 bridgehead atoms. The van der Waals surface area contributed by atoms with Gasteiger partial charge in [-0.3, -0.25) is 0 Å². The summed E-state index contributed by atoms with van der Waals surface area (Å²) in [6.45, 7) is 0.521. The summed E-state index contributed by atoms with van der Waals surface area (Å²) >= 11 is 3.23. The van der Waals surface area contributed by atoms with Crippen molar-refractivity contribution < 1.29 is 13.2 Å². The molecule has 1 aliphatic carbocycles. The summed E-state index contributed by atoms with van der Waals surface area (Å²) in [5, 5.41) is 0. The summed E-state index contributed by atoms with van der Waals surface area (Å²) in [5.74, 6) is 0.245. The molecule has 6 heteroatoms. The van der Waals surface area contributed by atoms with E-state index >= 15 is 0 Å². The smallest absolute Gasteiger partial charge is 0.204 e. The van der Waals surface area contributed by atoms with E-state index in [1.54, 1.807) is 12.1 Å². The zero-order chi connectivity index (χ0) is 12.5.